The van der Waals surface area contributed by atoms with E-state index >= 15 is 0 Å². The number of nitrogens with zero attached hydrogens (tertiary/aromatic N) is 1. The van der Waals surface area contributed by atoms with Crippen LogP contribution in [-0.4, -0.2) is 24.3 Å². The number of nitrogens with one attached hydrogen (secondary N) is 2. The van der Waals surface area contributed by atoms with Crippen LogP contribution in [0.4, 0.5) is 0 Å². The Morgan fingerprint density at radius 3 is 2.53 bits per heavy atom. The Kier molecular flexibility index (Phi) is 5.11. The van der Waals surface area contributed by atoms with Gasteiger partial charge in [-0.2, -0.15) is 0 Å². The van der Waals surface area contributed by atoms with E-state index in [2.05, 4.69) is 14.7 Å². The molecular formula is C22H20N4O3S. The van der Waals surface area contributed by atoms with Crippen molar-refractivity contribution in [1.29, 1.82) is 0 Å². The largest absolute Gasteiger partial charge is 0.366 e. The van der Waals surface area contributed by atoms with Gasteiger partial charge in [-0.1, -0.05) is 29.8 Å². The summed E-state index contributed by atoms with van der Waals surface area (Å²) in [6, 6.07) is 19.1. The first-order valence-electron chi connectivity index (χ1n) is 9.27. The number of carbonyl (C=O) groups is 1. The first-order valence-corrected chi connectivity index (χ1v) is 10.8. The van der Waals surface area contributed by atoms with E-state index in [1.54, 1.807) is 30.3 Å². The zero-order valence-corrected chi connectivity index (χ0v) is 17.0. The Balaban J connectivity index is 1.54. The van der Waals surface area contributed by atoms with Gasteiger partial charge in [-0.3, -0.25) is 4.79 Å². The molecule has 0 saturated carbocycles. The molecule has 4 rings (SSSR count). The maximum atomic E-state index is 12.6. The molecule has 1 heterocycles. The van der Waals surface area contributed by atoms with Crippen molar-refractivity contribution < 1.29 is 13.2 Å². The smallest absolute Gasteiger partial charge is 0.248 e. The molecule has 152 valence electrons. The minimum Gasteiger partial charge on any atom is -0.366 e. The maximum Gasteiger partial charge on any atom is 0.248 e. The Morgan fingerprint density at radius 2 is 1.83 bits per heavy atom. The SMILES string of the molecule is Cc1cccc(CNS(=O)(=O)c2ccc(-c3nc4cc(C(N)=O)ccc4[nH]3)cc2)c1. The molecule has 0 saturated heterocycles. The van der Waals surface area contributed by atoms with Crippen molar-refractivity contribution in [2.75, 3.05) is 0 Å². The van der Waals surface area contributed by atoms with Crippen LogP contribution in [0.1, 0.15) is 21.5 Å². The lowest BCUT2D eigenvalue weighted by atomic mass is 10.1. The molecule has 0 aliphatic heterocycles. The highest BCUT2D eigenvalue weighted by Crippen LogP contribution is 2.23. The first-order chi connectivity index (χ1) is 14.3. The summed E-state index contributed by atoms with van der Waals surface area (Å²) in [5.41, 5.74) is 9.75. The van der Waals surface area contributed by atoms with Gasteiger partial charge in [0.1, 0.15) is 5.82 Å². The van der Waals surface area contributed by atoms with Crippen molar-refractivity contribution in [1.82, 2.24) is 14.7 Å². The number of carbonyl (C=O) groups excluding carboxylic acids is 1. The van der Waals surface area contributed by atoms with Gasteiger partial charge in [-0.25, -0.2) is 18.1 Å². The van der Waals surface area contributed by atoms with Crippen molar-refractivity contribution in [3.8, 4) is 11.4 Å². The number of aromatic amines is 1. The lowest BCUT2D eigenvalue weighted by Gasteiger charge is -2.08. The van der Waals surface area contributed by atoms with Crippen molar-refractivity contribution >= 4 is 27.0 Å². The summed E-state index contributed by atoms with van der Waals surface area (Å²) in [5, 5.41) is 0. The molecule has 4 aromatic rings. The highest BCUT2D eigenvalue weighted by Gasteiger charge is 2.15. The molecule has 3 aromatic carbocycles. The molecule has 4 N–H and O–H groups in total. The number of hydrogen-bond donors (Lipinski definition) is 3. The molecule has 1 aromatic heterocycles. The minimum atomic E-state index is -3.64. The fraction of sp³-hybridized carbons (Fsp3) is 0.0909. The van der Waals surface area contributed by atoms with E-state index in [9.17, 15) is 13.2 Å². The van der Waals surface area contributed by atoms with Gasteiger partial charge >= 0.3 is 0 Å². The van der Waals surface area contributed by atoms with Gasteiger partial charge in [0.15, 0.2) is 0 Å². The van der Waals surface area contributed by atoms with E-state index in [-0.39, 0.29) is 11.4 Å². The molecule has 0 bridgehead atoms. The number of benzene rings is 3. The maximum absolute atomic E-state index is 12.6. The molecule has 0 radical (unpaired) electrons. The first kappa shape index (κ1) is 19.8. The van der Waals surface area contributed by atoms with Crippen LogP contribution in [0, 0.1) is 6.92 Å². The molecule has 0 atom stereocenters. The Bertz CT molecular complexity index is 1340. The fourth-order valence-electron chi connectivity index (χ4n) is 3.17. The molecule has 0 unspecified atom stereocenters. The van der Waals surface area contributed by atoms with Crippen LogP contribution in [-0.2, 0) is 16.6 Å². The van der Waals surface area contributed by atoms with Gasteiger partial charge < -0.3 is 10.7 Å². The fourth-order valence-corrected chi connectivity index (χ4v) is 4.19. The van der Waals surface area contributed by atoms with Gasteiger partial charge in [-0.05, 0) is 55.0 Å². The molecule has 1 amide bonds. The molecule has 0 spiro atoms. The number of H-pyrrole nitrogens is 1. The van der Waals surface area contributed by atoms with E-state index < -0.39 is 15.9 Å². The summed E-state index contributed by atoms with van der Waals surface area (Å²) in [5.74, 6) is 0.0532. The number of nitrogens with two attached hydrogens (primary N) is 1. The predicted octanol–water partition coefficient (Wildman–Crippen LogP) is 3.12. The van der Waals surface area contributed by atoms with Gasteiger partial charge in [-0.15, -0.1) is 0 Å². The van der Waals surface area contributed by atoms with Crippen LogP contribution in [0.25, 0.3) is 22.4 Å². The summed E-state index contributed by atoms with van der Waals surface area (Å²) >= 11 is 0. The van der Waals surface area contributed by atoms with Crippen molar-refractivity contribution in [3.63, 3.8) is 0 Å². The van der Waals surface area contributed by atoms with Crippen molar-refractivity contribution in [3.05, 3.63) is 83.4 Å². The second-order valence-corrected chi connectivity index (χ2v) is 8.79. The summed E-state index contributed by atoms with van der Waals surface area (Å²) in [6.45, 7) is 2.18. The minimum absolute atomic E-state index is 0.172. The molecule has 0 aliphatic rings. The van der Waals surface area contributed by atoms with E-state index in [0.29, 0.717) is 16.9 Å². The lowest BCUT2D eigenvalue weighted by Crippen LogP contribution is -2.23. The monoisotopic (exact) mass is 420 g/mol. The van der Waals surface area contributed by atoms with Crippen LogP contribution < -0.4 is 10.5 Å². The number of fused-ring (bicyclic) bond motifs is 1. The topological polar surface area (TPSA) is 118 Å². The van der Waals surface area contributed by atoms with Crippen LogP contribution in [0.3, 0.4) is 0 Å². The zero-order chi connectivity index (χ0) is 21.3. The van der Waals surface area contributed by atoms with E-state index in [0.717, 1.165) is 22.2 Å². The van der Waals surface area contributed by atoms with Crippen molar-refractivity contribution in [2.45, 2.75) is 18.4 Å². The molecule has 0 fully saturated rings. The lowest BCUT2D eigenvalue weighted by molar-refractivity contribution is 0.100. The molecule has 8 heteroatoms. The van der Waals surface area contributed by atoms with Gasteiger partial charge in [0, 0.05) is 17.7 Å². The number of hydrogen-bond acceptors (Lipinski definition) is 4. The standard InChI is InChI=1S/C22H20N4O3S/c1-14-3-2-4-15(11-14)13-24-30(28,29)18-8-5-16(6-9-18)22-25-19-10-7-17(21(23)27)12-20(19)26-22/h2-12,24H,13H2,1H3,(H2,23,27)(H,25,26). The third kappa shape index (κ3) is 4.10. The Morgan fingerprint density at radius 1 is 1.07 bits per heavy atom. The third-order valence-electron chi connectivity index (χ3n) is 4.75. The number of primary amides is 1. The van der Waals surface area contributed by atoms with Gasteiger partial charge in [0.2, 0.25) is 15.9 Å². The Labute approximate surface area is 174 Å². The Hall–Kier alpha value is -3.49. The van der Waals surface area contributed by atoms with Crippen molar-refractivity contribution in [2.24, 2.45) is 5.73 Å². The quantitative estimate of drug-likeness (QED) is 0.444. The number of sulfonamides is 1. The average Bonchev–Trinajstić information content (AvgIpc) is 3.16. The van der Waals surface area contributed by atoms with E-state index in [4.69, 9.17) is 5.73 Å². The summed E-state index contributed by atoms with van der Waals surface area (Å²) in [4.78, 5) is 19.1. The van der Waals surface area contributed by atoms with Gasteiger partial charge in [0.25, 0.3) is 0 Å². The van der Waals surface area contributed by atoms with Crippen LogP contribution >= 0.6 is 0 Å². The van der Waals surface area contributed by atoms with E-state index in [1.165, 1.54) is 12.1 Å². The summed E-state index contributed by atoms with van der Waals surface area (Å²) in [6.07, 6.45) is 0. The third-order valence-corrected chi connectivity index (χ3v) is 6.17. The zero-order valence-electron chi connectivity index (χ0n) is 16.2. The molecular weight excluding hydrogens is 400 g/mol. The molecule has 30 heavy (non-hydrogen) atoms. The number of rotatable bonds is 6. The number of imidazole rings is 1. The van der Waals surface area contributed by atoms with Crippen LogP contribution in [0.15, 0.2) is 71.6 Å². The average molecular weight is 420 g/mol. The van der Waals surface area contributed by atoms with Crippen LogP contribution in [0.2, 0.25) is 0 Å². The second kappa shape index (κ2) is 7.74. The molecule has 0 aliphatic carbocycles. The number of amides is 1. The number of aromatic nitrogens is 2. The number of aryl methyl sites for hydroxylation is 1. The van der Waals surface area contributed by atoms with Crippen LogP contribution in [0.5, 0.6) is 0 Å². The van der Waals surface area contributed by atoms with Gasteiger partial charge in [0.05, 0.1) is 15.9 Å². The molecule has 7 nitrogen and oxygen atoms in total. The van der Waals surface area contributed by atoms with E-state index in [1.807, 2.05) is 31.2 Å². The highest BCUT2D eigenvalue weighted by atomic mass is 32.2. The normalized spacial score (nSPS) is 11.6. The summed E-state index contributed by atoms with van der Waals surface area (Å²) < 4.78 is 27.8. The highest BCUT2D eigenvalue weighted by molar-refractivity contribution is 7.89. The predicted molar refractivity (Wildman–Crippen MR) is 115 cm³/mol. The second-order valence-electron chi connectivity index (χ2n) is 7.02. The summed E-state index contributed by atoms with van der Waals surface area (Å²) in [7, 11) is -3.64.